The number of hydrogen-bond donors (Lipinski definition) is 2. The quantitative estimate of drug-likeness (QED) is 0.407. The molecule has 2 bridgehead atoms. The number of carbonyl (C=O) groups is 1. The lowest BCUT2D eigenvalue weighted by molar-refractivity contribution is -0.167. The average molecular weight is 518 g/mol. The molecule has 38 heavy (non-hydrogen) atoms. The van der Waals surface area contributed by atoms with Gasteiger partial charge in [0.15, 0.2) is 18.2 Å². The van der Waals surface area contributed by atoms with E-state index >= 15 is 0 Å². The smallest absolute Gasteiger partial charge is 0.275 e. The molecule has 3 fully saturated rings. The summed E-state index contributed by atoms with van der Waals surface area (Å²) in [5, 5.41) is 6.42. The number of fused-ring (bicyclic) bond motifs is 7. The number of benzene rings is 1. The zero-order valence-corrected chi connectivity index (χ0v) is 20.8. The van der Waals surface area contributed by atoms with E-state index in [-0.39, 0.29) is 35.0 Å². The van der Waals surface area contributed by atoms with Gasteiger partial charge in [-0.15, -0.1) is 0 Å². The van der Waals surface area contributed by atoms with Gasteiger partial charge in [-0.25, -0.2) is 9.37 Å². The predicted molar refractivity (Wildman–Crippen MR) is 139 cm³/mol. The Hall–Kier alpha value is -3.76. The third-order valence-electron chi connectivity index (χ3n) is 8.45. The van der Waals surface area contributed by atoms with Crippen LogP contribution in [0.3, 0.4) is 0 Å². The Morgan fingerprint density at radius 2 is 1.89 bits per heavy atom. The number of rotatable bonds is 6. The zero-order valence-electron chi connectivity index (χ0n) is 20.8. The highest BCUT2D eigenvalue weighted by atomic mass is 19.1. The number of nitrogens with one attached hydrogen (secondary N) is 2. The summed E-state index contributed by atoms with van der Waals surface area (Å²) < 4.78 is 30.0. The molecule has 3 aliphatic heterocycles. The second-order valence-electron chi connectivity index (χ2n) is 10.7. The molecule has 0 atom stereocenters. The molecule has 2 N–H and O–H groups in total. The Morgan fingerprint density at radius 3 is 2.71 bits per heavy atom. The second kappa shape index (κ2) is 8.64. The SMILES string of the molecule is O=C1COc2ccc(CNC34CCC(CCn5c(=O)c6cccn6c6c(F)cccc65)(CC3)OC4)nc2N1. The van der Waals surface area contributed by atoms with Crippen LogP contribution in [0.4, 0.5) is 10.2 Å². The first kappa shape index (κ1) is 23.4. The third-order valence-corrected chi connectivity index (χ3v) is 8.45. The van der Waals surface area contributed by atoms with E-state index in [2.05, 4.69) is 15.6 Å². The highest BCUT2D eigenvalue weighted by Gasteiger charge is 2.49. The average Bonchev–Trinajstić information content (AvgIpc) is 3.43. The van der Waals surface area contributed by atoms with Gasteiger partial charge in [0.2, 0.25) is 0 Å². The molecule has 10 heteroatoms. The van der Waals surface area contributed by atoms with E-state index in [1.165, 1.54) is 6.07 Å². The fraction of sp³-hybridized carbons (Fsp3) is 0.393. The van der Waals surface area contributed by atoms with Gasteiger partial charge in [-0.2, -0.15) is 0 Å². The number of nitrogens with zero attached hydrogens (tertiary/aromatic N) is 3. The topological polar surface area (TPSA) is 98.9 Å². The van der Waals surface area contributed by atoms with Crippen LogP contribution in [-0.4, -0.2) is 44.2 Å². The van der Waals surface area contributed by atoms with E-state index in [1.807, 2.05) is 12.1 Å². The molecule has 4 aromatic rings. The van der Waals surface area contributed by atoms with Crippen LogP contribution in [0.5, 0.6) is 5.75 Å². The number of carbonyl (C=O) groups excluding carboxylic acids is 1. The summed E-state index contributed by atoms with van der Waals surface area (Å²) in [7, 11) is 0. The van der Waals surface area contributed by atoms with E-state index in [0.717, 1.165) is 31.4 Å². The lowest BCUT2D eigenvalue weighted by Crippen LogP contribution is -2.61. The minimum absolute atomic E-state index is 0.0112. The van der Waals surface area contributed by atoms with Gasteiger partial charge >= 0.3 is 0 Å². The van der Waals surface area contributed by atoms with E-state index in [4.69, 9.17) is 9.47 Å². The van der Waals surface area contributed by atoms with Gasteiger partial charge in [0.05, 0.1) is 23.4 Å². The molecule has 196 valence electrons. The second-order valence-corrected chi connectivity index (χ2v) is 10.7. The molecule has 4 aliphatic rings. The highest BCUT2D eigenvalue weighted by molar-refractivity contribution is 5.94. The number of pyridine rings is 1. The largest absolute Gasteiger partial charge is 0.480 e. The lowest BCUT2D eigenvalue weighted by atomic mass is 9.70. The van der Waals surface area contributed by atoms with Crippen molar-refractivity contribution in [3.8, 4) is 5.75 Å². The molecule has 9 nitrogen and oxygen atoms in total. The number of halogens is 1. The maximum absolute atomic E-state index is 14.8. The van der Waals surface area contributed by atoms with E-state index in [9.17, 15) is 14.0 Å². The van der Waals surface area contributed by atoms with Crippen molar-refractivity contribution in [1.29, 1.82) is 0 Å². The highest BCUT2D eigenvalue weighted by Crippen LogP contribution is 2.46. The van der Waals surface area contributed by atoms with Crippen molar-refractivity contribution in [1.82, 2.24) is 19.3 Å². The fourth-order valence-corrected chi connectivity index (χ4v) is 6.19. The van der Waals surface area contributed by atoms with E-state index < -0.39 is 0 Å². The molecular weight excluding hydrogens is 489 g/mol. The van der Waals surface area contributed by atoms with Gasteiger partial charge < -0.3 is 29.1 Å². The summed E-state index contributed by atoms with van der Waals surface area (Å²) in [5.41, 5.74) is 1.77. The van der Waals surface area contributed by atoms with Crippen molar-refractivity contribution in [3.63, 3.8) is 0 Å². The molecule has 3 aromatic heterocycles. The van der Waals surface area contributed by atoms with Crippen LogP contribution in [0.1, 0.15) is 37.8 Å². The minimum Gasteiger partial charge on any atom is -0.480 e. The van der Waals surface area contributed by atoms with Crippen LogP contribution in [0.2, 0.25) is 0 Å². The summed E-state index contributed by atoms with van der Waals surface area (Å²) >= 11 is 0. The molecule has 1 aliphatic carbocycles. The summed E-state index contributed by atoms with van der Waals surface area (Å²) in [6, 6.07) is 12.1. The molecule has 8 rings (SSSR count). The van der Waals surface area contributed by atoms with Crippen molar-refractivity contribution in [2.75, 3.05) is 18.5 Å². The molecule has 0 radical (unpaired) electrons. The van der Waals surface area contributed by atoms with Gasteiger partial charge in [0.25, 0.3) is 11.5 Å². The summed E-state index contributed by atoms with van der Waals surface area (Å²) in [6.07, 6.45) is 6.11. The van der Waals surface area contributed by atoms with Gasteiger partial charge in [-0.05, 0) is 68.5 Å². The standard InChI is InChI=1S/C28H28FN5O4/c29-19-3-1-4-20-24(19)33-13-2-5-21(33)26(36)34(20)14-12-28-10-8-27(9-11-28,17-38-28)30-15-18-6-7-22-25(31-18)32-23(35)16-37-22/h1-7,13,30H,8-12,14-17H2,(H,31,32,35). The number of anilines is 1. The van der Waals surface area contributed by atoms with Crippen LogP contribution >= 0.6 is 0 Å². The molecule has 6 heterocycles. The molecule has 1 aromatic carbocycles. The molecule has 0 unspecified atom stereocenters. The first-order valence-electron chi connectivity index (χ1n) is 13.0. The summed E-state index contributed by atoms with van der Waals surface area (Å²) in [5.74, 6) is 0.496. The molecular formula is C28H28FN5O4. The van der Waals surface area contributed by atoms with Crippen molar-refractivity contribution in [2.24, 2.45) is 0 Å². The maximum atomic E-state index is 14.8. The van der Waals surface area contributed by atoms with Crippen LogP contribution in [0, 0.1) is 5.82 Å². The summed E-state index contributed by atoms with van der Waals surface area (Å²) in [4.78, 5) is 29.5. The van der Waals surface area contributed by atoms with Gasteiger partial charge in [0, 0.05) is 24.8 Å². The van der Waals surface area contributed by atoms with Gasteiger partial charge in [0.1, 0.15) is 16.9 Å². The third kappa shape index (κ3) is 3.78. The number of ether oxygens (including phenoxy) is 2. The van der Waals surface area contributed by atoms with Gasteiger partial charge in [-0.1, -0.05) is 6.07 Å². The van der Waals surface area contributed by atoms with Crippen molar-refractivity contribution >= 4 is 28.3 Å². The van der Waals surface area contributed by atoms with Crippen LogP contribution in [0.25, 0.3) is 16.6 Å². The zero-order chi connectivity index (χ0) is 25.9. The Balaban J connectivity index is 1.05. The predicted octanol–water partition coefficient (Wildman–Crippen LogP) is 3.38. The van der Waals surface area contributed by atoms with Crippen molar-refractivity contribution in [2.45, 2.75) is 56.3 Å². The van der Waals surface area contributed by atoms with E-state index in [1.54, 1.807) is 39.4 Å². The maximum Gasteiger partial charge on any atom is 0.275 e. The Labute approximate surface area is 217 Å². The number of para-hydroxylation sites is 1. The molecule has 1 amide bonds. The molecule has 2 saturated heterocycles. The number of aryl methyl sites for hydroxylation is 1. The Morgan fingerprint density at radius 1 is 1.05 bits per heavy atom. The fourth-order valence-electron chi connectivity index (χ4n) is 6.19. The summed E-state index contributed by atoms with van der Waals surface area (Å²) in [6.45, 7) is 1.62. The number of hydrogen-bond acceptors (Lipinski definition) is 6. The van der Waals surface area contributed by atoms with E-state index in [0.29, 0.717) is 54.2 Å². The van der Waals surface area contributed by atoms with Crippen LogP contribution < -0.4 is 20.9 Å². The van der Waals surface area contributed by atoms with Crippen molar-refractivity contribution < 1.29 is 18.7 Å². The Bertz CT molecular complexity index is 1620. The van der Waals surface area contributed by atoms with Gasteiger partial charge in [-0.3, -0.25) is 9.59 Å². The normalized spacial score (nSPS) is 24.4. The number of aromatic nitrogens is 3. The first-order chi connectivity index (χ1) is 18.4. The molecule has 1 saturated carbocycles. The first-order valence-corrected chi connectivity index (χ1v) is 13.0. The lowest BCUT2D eigenvalue weighted by Gasteiger charge is -2.53. The van der Waals surface area contributed by atoms with Crippen molar-refractivity contribution in [3.05, 3.63) is 70.5 Å². The number of amides is 1. The minimum atomic E-state index is -0.346. The monoisotopic (exact) mass is 517 g/mol. The van der Waals surface area contributed by atoms with Crippen LogP contribution in [-0.2, 0) is 22.6 Å². The Kier molecular flexibility index (Phi) is 5.31. The van der Waals surface area contributed by atoms with Crippen LogP contribution in [0.15, 0.2) is 53.5 Å². The molecule has 0 spiro atoms.